The summed E-state index contributed by atoms with van der Waals surface area (Å²) in [5.41, 5.74) is 0. The minimum absolute atomic E-state index is 0.294. The number of hydrogen-bond donors (Lipinski definition) is 1. The summed E-state index contributed by atoms with van der Waals surface area (Å²) in [6, 6.07) is 1.64. The van der Waals surface area contributed by atoms with Crippen LogP contribution in [0.25, 0.3) is 0 Å². The molecule has 0 bridgehead atoms. The summed E-state index contributed by atoms with van der Waals surface area (Å²) in [5, 5.41) is 3.74. The SMILES string of the molecule is CCCNC1CCC2(CC1N(CC)C(C)C)OCCO2. The Kier molecular flexibility index (Phi) is 5.84. The molecular formula is C16H32N2O2. The molecule has 0 radical (unpaired) electrons. The van der Waals surface area contributed by atoms with Crippen molar-refractivity contribution in [3.8, 4) is 0 Å². The van der Waals surface area contributed by atoms with E-state index in [9.17, 15) is 0 Å². The van der Waals surface area contributed by atoms with Gasteiger partial charge in [-0.3, -0.25) is 4.90 Å². The maximum absolute atomic E-state index is 5.96. The molecule has 0 aromatic rings. The molecular weight excluding hydrogens is 252 g/mol. The van der Waals surface area contributed by atoms with Crippen LogP contribution in [0.3, 0.4) is 0 Å². The van der Waals surface area contributed by atoms with Crippen molar-refractivity contribution in [1.29, 1.82) is 0 Å². The van der Waals surface area contributed by atoms with Crippen LogP contribution >= 0.6 is 0 Å². The van der Waals surface area contributed by atoms with E-state index in [1.807, 2.05) is 0 Å². The van der Waals surface area contributed by atoms with Crippen LogP contribution in [0.15, 0.2) is 0 Å². The predicted molar refractivity (Wildman–Crippen MR) is 81.9 cm³/mol. The highest BCUT2D eigenvalue weighted by atomic mass is 16.7. The fourth-order valence-corrected chi connectivity index (χ4v) is 3.79. The Bertz CT molecular complexity index is 290. The van der Waals surface area contributed by atoms with Crippen molar-refractivity contribution < 1.29 is 9.47 Å². The fourth-order valence-electron chi connectivity index (χ4n) is 3.79. The largest absolute Gasteiger partial charge is 0.347 e. The first kappa shape index (κ1) is 16.2. The molecule has 20 heavy (non-hydrogen) atoms. The van der Waals surface area contributed by atoms with Gasteiger partial charge in [0.25, 0.3) is 0 Å². The third kappa shape index (κ3) is 3.53. The van der Waals surface area contributed by atoms with Crippen LogP contribution in [0.5, 0.6) is 0 Å². The second-order valence-electron chi connectivity index (χ2n) is 6.40. The van der Waals surface area contributed by atoms with Gasteiger partial charge in [0.05, 0.1) is 13.2 Å². The van der Waals surface area contributed by atoms with Gasteiger partial charge in [0.2, 0.25) is 0 Å². The summed E-state index contributed by atoms with van der Waals surface area (Å²) < 4.78 is 11.9. The maximum Gasteiger partial charge on any atom is 0.170 e. The number of nitrogens with one attached hydrogen (secondary N) is 1. The van der Waals surface area contributed by atoms with Crippen molar-refractivity contribution in [3.05, 3.63) is 0 Å². The number of hydrogen-bond acceptors (Lipinski definition) is 4. The maximum atomic E-state index is 5.96. The lowest BCUT2D eigenvalue weighted by Gasteiger charge is -2.47. The molecule has 2 rings (SSSR count). The molecule has 0 aromatic heterocycles. The molecule has 2 unspecified atom stereocenters. The van der Waals surface area contributed by atoms with Crippen LogP contribution in [0.1, 0.15) is 53.4 Å². The zero-order valence-electron chi connectivity index (χ0n) is 13.7. The van der Waals surface area contributed by atoms with Gasteiger partial charge >= 0.3 is 0 Å². The van der Waals surface area contributed by atoms with Crippen LogP contribution in [0.2, 0.25) is 0 Å². The van der Waals surface area contributed by atoms with Crippen molar-refractivity contribution in [2.24, 2.45) is 0 Å². The third-order valence-electron chi connectivity index (χ3n) is 4.75. The van der Waals surface area contributed by atoms with Gasteiger partial charge in [-0.15, -0.1) is 0 Å². The highest BCUT2D eigenvalue weighted by Gasteiger charge is 2.46. The zero-order chi connectivity index (χ0) is 14.6. The van der Waals surface area contributed by atoms with Gasteiger partial charge in [0.1, 0.15) is 0 Å². The standard InChI is InChI=1S/C16H32N2O2/c1-5-9-17-14-7-8-16(19-10-11-20-16)12-15(14)18(6-2)13(3)4/h13-15,17H,5-12H2,1-4H3. The van der Waals surface area contributed by atoms with Gasteiger partial charge < -0.3 is 14.8 Å². The molecule has 2 fully saturated rings. The minimum Gasteiger partial charge on any atom is -0.347 e. The lowest BCUT2D eigenvalue weighted by atomic mass is 9.84. The summed E-state index contributed by atoms with van der Waals surface area (Å²) in [6.45, 7) is 12.8. The Morgan fingerprint density at radius 2 is 1.95 bits per heavy atom. The lowest BCUT2D eigenvalue weighted by Crippen LogP contribution is -2.59. The van der Waals surface area contributed by atoms with E-state index < -0.39 is 0 Å². The molecule has 1 aliphatic carbocycles. The zero-order valence-corrected chi connectivity index (χ0v) is 13.7. The molecule has 0 aromatic carbocycles. The van der Waals surface area contributed by atoms with Crippen LogP contribution in [-0.4, -0.2) is 55.1 Å². The lowest BCUT2D eigenvalue weighted by molar-refractivity contribution is -0.194. The van der Waals surface area contributed by atoms with E-state index in [1.54, 1.807) is 0 Å². The molecule has 1 saturated carbocycles. The van der Waals surface area contributed by atoms with E-state index in [-0.39, 0.29) is 5.79 Å². The summed E-state index contributed by atoms with van der Waals surface area (Å²) >= 11 is 0. The number of likely N-dealkylation sites (N-methyl/N-ethyl adjacent to an activating group) is 1. The van der Waals surface area contributed by atoms with Gasteiger partial charge in [-0.05, 0) is 39.8 Å². The van der Waals surface area contributed by atoms with Crippen LogP contribution in [0, 0.1) is 0 Å². The first-order valence-electron chi connectivity index (χ1n) is 8.39. The first-order valence-corrected chi connectivity index (χ1v) is 8.39. The molecule has 1 heterocycles. The van der Waals surface area contributed by atoms with Crippen LogP contribution < -0.4 is 5.32 Å². The highest BCUT2D eigenvalue weighted by molar-refractivity contribution is 4.97. The third-order valence-corrected chi connectivity index (χ3v) is 4.75. The molecule has 1 spiro atoms. The van der Waals surface area contributed by atoms with Gasteiger partial charge in [-0.1, -0.05) is 13.8 Å². The first-order chi connectivity index (χ1) is 9.62. The van der Waals surface area contributed by atoms with E-state index in [1.165, 1.54) is 6.42 Å². The highest BCUT2D eigenvalue weighted by Crippen LogP contribution is 2.38. The van der Waals surface area contributed by atoms with Crippen molar-refractivity contribution in [2.75, 3.05) is 26.3 Å². The van der Waals surface area contributed by atoms with E-state index in [4.69, 9.17) is 9.47 Å². The van der Waals surface area contributed by atoms with E-state index in [0.29, 0.717) is 18.1 Å². The molecule has 118 valence electrons. The Hall–Kier alpha value is -0.160. The summed E-state index contributed by atoms with van der Waals surface area (Å²) in [5.74, 6) is -0.294. The van der Waals surface area contributed by atoms with E-state index in [2.05, 4.69) is 37.9 Å². The van der Waals surface area contributed by atoms with Crippen molar-refractivity contribution >= 4 is 0 Å². The average Bonchev–Trinajstić information content (AvgIpc) is 2.87. The second kappa shape index (κ2) is 7.21. The van der Waals surface area contributed by atoms with Crippen molar-refractivity contribution in [2.45, 2.75) is 77.3 Å². The Labute approximate surface area is 124 Å². The second-order valence-corrected chi connectivity index (χ2v) is 6.40. The van der Waals surface area contributed by atoms with Crippen LogP contribution in [0.4, 0.5) is 0 Å². The number of nitrogens with zero attached hydrogens (tertiary/aromatic N) is 1. The van der Waals surface area contributed by atoms with Gasteiger partial charge in [-0.2, -0.15) is 0 Å². The normalized spacial score (nSPS) is 29.7. The Morgan fingerprint density at radius 1 is 1.25 bits per heavy atom. The van der Waals surface area contributed by atoms with Crippen molar-refractivity contribution in [3.63, 3.8) is 0 Å². The number of rotatable bonds is 6. The van der Waals surface area contributed by atoms with Gasteiger partial charge in [0, 0.05) is 31.0 Å². The fraction of sp³-hybridized carbons (Fsp3) is 1.00. The van der Waals surface area contributed by atoms with Gasteiger partial charge in [0.15, 0.2) is 5.79 Å². The average molecular weight is 284 g/mol. The molecule has 4 heteroatoms. The molecule has 4 nitrogen and oxygen atoms in total. The molecule has 1 N–H and O–H groups in total. The summed E-state index contributed by atoms with van der Waals surface area (Å²) in [4.78, 5) is 2.60. The molecule has 1 saturated heterocycles. The predicted octanol–water partition coefficient (Wildman–Crippen LogP) is 2.38. The Balaban J connectivity index is 2.09. The smallest absolute Gasteiger partial charge is 0.170 e. The molecule has 0 amide bonds. The van der Waals surface area contributed by atoms with Crippen molar-refractivity contribution in [1.82, 2.24) is 10.2 Å². The van der Waals surface area contributed by atoms with E-state index in [0.717, 1.165) is 45.6 Å². The van der Waals surface area contributed by atoms with E-state index >= 15 is 0 Å². The molecule has 1 aliphatic heterocycles. The summed E-state index contributed by atoms with van der Waals surface area (Å²) in [6.07, 6.45) is 4.37. The quantitative estimate of drug-likeness (QED) is 0.812. The molecule has 2 aliphatic rings. The number of ether oxygens (including phenoxy) is 2. The Morgan fingerprint density at radius 3 is 2.50 bits per heavy atom. The molecule has 2 atom stereocenters. The minimum atomic E-state index is -0.294. The van der Waals surface area contributed by atoms with Crippen LogP contribution in [-0.2, 0) is 9.47 Å². The topological polar surface area (TPSA) is 33.7 Å². The monoisotopic (exact) mass is 284 g/mol. The summed E-state index contributed by atoms with van der Waals surface area (Å²) in [7, 11) is 0. The van der Waals surface area contributed by atoms with Gasteiger partial charge in [-0.25, -0.2) is 0 Å².